The molecule has 10 heavy (non-hydrogen) atoms. The Bertz CT molecular complexity index is 119. The van der Waals surface area contributed by atoms with Gasteiger partial charge in [0.1, 0.15) is 0 Å². The van der Waals surface area contributed by atoms with Gasteiger partial charge in [-0.1, -0.05) is 6.92 Å². The van der Waals surface area contributed by atoms with Crippen molar-refractivity contribution in [2.45, 2.75) is 26.2 Å². The lowest BCUT2D eigenvalue weighted by Crippen LogP contribution is -2.47. The van der Waals surface area contributed by atoms with Crippen LogP contribution in [0.3, 0.4) is 0 Å². The maximum absolute atomic E-state index is 12.2. The molecule has 0 bridgehead atoms. The molecule has 3 heteroatoms. The summed E-state index contributed by atoms with van der Waals surface area (Å²) in [5.74, 6) is 0.442. The van der Waals surface area contributed by atoms with Crippen molar-refractivity contribution >= 4 is 0 Å². The molecule has 0 aromatic rings. The van der Waals surface area contributed by atoms with E-state index in [0.717, 1.165) is 0 Å². The molecule has 0 heterocycles. The van der Waals surface area contributed by atoms with E-state index in [9.17, 15) is 8.78 Å². The van der Waals surface area contributed by atoms with Crippen molar-refractivity contribution in [3.05, 3.63) is 0 Å². The summed E-state index contributed by atoms with van der Waals surface area (Å²) in [4.78, 5) is 0. The summed E-state index contributed by atoms with van der Waals surface area (Å²) in [5.41, 5.74) is 4.43. The van der Waals surface area contributed by atoms with Gasteiger partial charge in [-0.3, -0.25) is 0 Å². The minimum absolute atomic E-state index is 0.134. The predicted molar refractivity (Wildman–Crippen MR) is 35.9 cm³/mol. The Labute approximate surface area is 59.6 Å². The Morgan fingerprint density at radius 1 is 1.60 bits per heavy atom. The Kier molecular flexibility index (Phi) is 1.95. The van der Waals surface area contributed by atoms with Gasteiger partial charge in [0.25, 0.3) is 0 Å². The van der Waals surface area contributed by atoms with Crippen LogP contribution in [0.5, 0.6) is 0 Å². The van der Waals surface area contributed by atoms with E-state index in [1.165, 1.54) is 0 Å². The van der Waals surface area contributed by atoms with Crippen LogP contribution in [0.2, 0.25) is 0 Å². The molecule has 2 N–H and O–H groups in total. The third kappa shape index (κ3) is 1.03. The smallest absolute Gasteiger partial charge is 0.245 e. The van der Waals surface area contributed by atoms with Crippen molar-refractivity contribution in [2.75, 3.05) is 6.54 Å². The molecule has 60 valence electrons. The maximum atomic E-state index is 12.2. The molecular formula is C7H13F2N. The maximum Gasteiger partial charge on any atom is 0.245 e. The number of hydrogen-bond acceptors (Lipinski definition) is 1. The first-order chi connectivity index (χ1) is 4.60. The van der Waals surface area contributed by atoms with Crippen LogP contribution in [0.15, 0.2) is 0 Å². The highest BCUT2D eigenvalue weighted by atomic mass is 19.3. The standard InChI is InChI=1S/C7H13F2N/c1-5-2-7(3-5,4-10)6(8)9/h5-6H,2-4,10H2,1H3. The van der Waals surface area contributed by atoms with E-state index < -0.39 is 11.8 Å². The fourth-order valence-corrected chi connectivity index (χ4v) is 1.76. The zero-order chi connectivity index (χ0) is 7.78. The highest BCUT2D eigenvalue weighted by Gasteiger charge is 2.48. The van der Waals surface area contributed by atoms with Gasteiger partial charge in [-0.25, -0.2) is 8.78 Å². The molecule has 0 unspecified atom stereocenters. The minimum atomic E-state index is -2.23. The summed E-state index contributed by atoms with van der Waals surface area (Å²) in [6.07, 6.45) is -1.03. The molecule has 1 nitrogen and oxygen atoms in total. The SMILES string of the molecule is CC1CC(CN)(C(F)F)C1. The Hall–Kier alpha value is -0.180. The molecule has 0 amide bonds. The molecule has 0 aromatic carbocycles. The van der Waals surface area contributed by atoms with Crippen molar-refractivity contribution < 1.29 is 8.78 Å². The van der Waals surface area contributed by atoms with E-state index in [0.29, 0.717) is 18.8 Å². The first kappa shape index (κ1) is 7.92. The van der Waals surface area contributed by atoms with E-state index in [1.54, 1.807) is 0 Å². The lowest BCUT2D eigenvalue weighted by molar-refractivity contribution is -0.0805. The van der Waals surface area contributed by atoms with Crippen LogP contribution in [0.1, 0.15) is 19.8 Å². The molecule has 1 rings (SSSR count). The Morgan fingerprint density at radius 3 is 2.20 bits per heavy atom. The highest BCUT2D eigenvalue weighted by molar-refractivity contribution is 4.94. The zero-order valence-corrected chi connectivity index (χ0v) is 6.11. The zero-order valence-electron chi connectivity index (χ0n) is 6.11. The van der Waals surface area contributed by atoms with Gasteiger partial charge in [-0.05, 0) is 18.8 Å². The molecule has 0 saturated heterocycles. The van der Waals surface area contributed by atoms with Gasteiger partial charge < -0.3 is 5.73 Å². The first-order valence-corrected chi connectivity index (χ1v) is 3.59. The Morgan fingerprint density at radius 2 is 2.10 bits per heavy atom. The lowest BCUT2D eigenvalue weighted by Gasteiger charge is -2.44. The second kappa shape index (κ2) is 2.46. The second-order valence-corrected chi connectivity index (χ2v) is 3.38. The number of hydrogen-bond donors (Lipinski definition) is 1. The Balaban J connectivity index is 2.48. The van der Waals surface area contributed by atoms with E-state index >= 15 is 0 Å². The predicted octanol–water partition coefficient (Wildman–Crippen LogP) is 1.63. The van der Waals surface area contributed by atoms with Gasteiger partial charge in [0.2, 0.25) is 6.43 Å². The van der Waals surface area contributed by atoms with Gasteiger partial charge in [-0.15, -0.1) is 0 Å². The molecule has 1 fully saturated rings. The normalized spacial score (nSPS) is 39.9. The van der Waals surface area contributed by atoms with Crippen molar-refractivity contribution in [3.63, 3.8) is 0 Å². The number of halogens is 2. The molecule has 0 aliphatic heterocycles. The average molecular weight is 149 g/mol. The molecule has 1 saturated carbocycles. The number of alkyl halides is 2. The van der Waals surface area contributed by atoms with Gasteiger partial charge in [0.05, 0.1) is 0 Å². The van der Waals surface area contributed by atoms with Crippen LogP contribution < -0.4 is 5.73 Å². The number of rotatable bonds is 2. The van der Waals surface area contributed by atoms with Crippen molar-refractivity contribution in [1.29, 1.82) is 0 Å². The van der Waals surface area contributed by atoms with Crippen molar-refractivity contribution in [2.24, 2.45) is 17.1 Å². The molecular weight excluding hydrogens is 136 g/mol. The van der Waals surface area contributed by atoms with Crippen LogP contribution in [0.25, 0.3) is 0 Å². The minimum Gasteiger partial charge on any atom is -0.330 e. The molecule has 1 aliphatic rings. The lowest BCUT2D eigenvalue weighted by atomic mass is 9.63. The summed E-state index contributed by atoms with van der Waals surface area (Å²) in [6.45, 7) is 2.12. The molecule has 1 aliphatic carbocycles. The van der Waals surface area contributed by atoms with E-state index in [4.69, 9.17) is 5.73 Å². The molecule has 0 radical (unpaired) electrons. The van der Waals surface area contributed by atoms with Crippen molar-refractivity contribution in [3.8, 4) is 0 Å². The summed E-state index contributed by atoms with van der Waals surface area (Å²) in [5, 5.41) is 0. The third-order valence-electron chi connectivity index (χ3n) is 2.38. The summed E-state index contributed by atoms with van der Waals surface area (Å²) < 4.78 is 24.5. The topological polar surface area (TPSA) is 26.0 Å². The monoisotopic (exact) mass is 149 g/mol. The summed E-state index contributed by atoms with van der Waals surface area (Å²) in [7, 11) is 0. The molecule has 0 spiro atoms. The summed E-state index contributed by atoms with van der Waals surface area (Å²) in [6, 6.07) is 0. The second-order valence-electron chi connectivity index (χ2n) is 3.38. The van der Waals surface area contributed by atoms with Crippen LogP contribution in [0, 0.1) is 11.3 Å². The highest BCUT2D eigenvalue weighted by Crippen LogP contribution is 2.48. The van der Waals surface area contributed by atoms with Crippen molar-refractivity contribution in [1.82, 2.24) is 0 Å². The van der Waals surface area contributed by atoms with Gasteiger partial charge >= 0.3 is 0 Å². The number of nitrogens with two attached hydrogens (primary N) is 1. The fraction of sp³-hybridized carbons (Fsp3) is 1.00. The van der Waals surface area contributed by atoms with Crippen LogP contribution in [0.4, 0.5) is 8.78 Å². The van der Waals surface area contributed by atoms with Crippen LogP contribution >= 0.6 is 0 Å². The molecule has 0 aromatic heterocycles. The summed E-state index contributed by atoms with van der Waals surface area (Å²) >= 11 is 0. The van der Waals surface area contributed by atoms with Gasteiger partial charge in [-0.2, -0.15) is 0 Å². The first-order valence-electron chi connectivity index (χ1n) is 3.59. The third-order valence-corrected chi connectivity index (χ3v) is 2.38. The quantitative estimate of drug-likeness (QED) is 0.634. The fourth-order valence-electron chi connectivity index (χ4n) is 1.76. The molecule has 0 atom stereocenters. The average Bonchev–Trinajstić information content (AvgIpc) is 1.79. The van der Waals surface area contributed by atoms with E-state index in [1.807, 2.05) is 6.92 Å². The van der Waals surface area contributed by atoms with Crippen LogP contribution in [-0.4, -0.2) is 13.0 Å². The van der Waals surface area contributed by atoms with Crippen LogP contribution in [-0.2, 0) is 0 Å². The van der Waals surface area contributed by atoms with E-state index in [-0.39, 0.29) is 6.54 Å². The van der Waals surface area contributed by atoms with Gasteiger partial charge in [0.15, 0.2) is 0 Å². The van der Waals surface area contributed by atoms with E-state index in [2.05, 4.69) is 0 Å². The van der Waals surface area contributed by atoms with Gasteiger partial charge in [0, 0.05) is 12.0 Å². The largest absolute Gasteiger partial charge is 0.330 e.